The summed E-state index contributed by atoms with van der Waals surface area (Å²) >= 11 is 0. The first-order valence-corrected chi connectivity index (χ1v) is 6.71. The molecule has 1 aliphatic rings. The molecule has 1 aliphatic heterocycles. The number of ether oxygens (including phenoxy) is 1. The molecular formula is C17H12N2O2. The van der Waals surface area contributed by atoms with Gasteiger partial charge < -0.3 is 4.74 Å². The molecule has 0 atom stereocenters. The number of cyclic esters (lactones) is 1. The normalized spacial score (nSPS) is 13.4. The lowest BCUT2D eigenvalue weighted by molar-refractivity contribution is 0.151. The van der Waals surface area contributed by atoms with E-state index in [1.165, 1.54) is 0 Å². The van der Waals surface area contributed by atoms with Crippen molar-refractivity contribution >= 4 is 22.6 Å². The largest absolute Gasteiger partial charge is 0.444 e. The van der Waals surface area contributed by atoms with E-state index in [-0.39, 0.29) is 0 Å². The molecule has 0 saturated carbocycles. The first-order valence-electron chi connectivity index (χ1n) is 6.71. The maximum Gasteiger partial charge on any atom is 0.411 e. The Bertz CT molecular complexity index is 853. The maximum atomic E-state index is 11.2. The van der Waals surface area contributed by atoms with Crippen molar-refractivity contribution in [2.45, 2.75) is 6.61 Å². The molecule has 1 N–H and O–H groups in total. The lowest BCUT2D eigenvalue weighted by atomic mass is 9.98. The summed E-state index contributed by atoms with van der Waals surface area (Å²) in [6, 6.07) is 14.1. The number of aromatic nitrogens is 1. The summed E-state index contributed by atoms with van der Waals surface area (Å²) < 4.78 is 5.02. The number of benzene rings is 2. The Morgan fingerprint density at radius 3 is 2.95 bits per heavy atom. The van der Waals surface area contributed by atoms with E-state index in [4.69, 9.17) is 4.74 Å². The first-order chi connectivity index (χ1) is 10.3. The molecule has 21 heavy (non-hydrogen) atoms. The third-order valence-corrected chi connectivity index (χ3v) is 3.68. The number of carbonyl (C=O) groups is 1. The second kappa shape index (κ2) is 4.59. The zero-order valence-corrected chi connectivity index (χ0v) is 11.2. The summed E-state index contributed by atoms with van der Waals surface area (Å²) in [5, 5.41) is 4.97. The highest BCUT2D eigenvalue weighted by Gasteiger charge is 2.16. The van der Waals surface area contributed by atoms with Crippen molar-refractivity contribution in [3.63, 3.8) is 0 Å². The van der Waals surface area contributed by atoms with E-state index in [0.717, 1.165) is 33.2 Å². The fraction of sp³-hybridized carbons (Fsp3) is 0.0588. The van der Waals surface area contributed by atoms with Crippen LogP contribution in [0.3, 0.4) is 0 Å². The van der Waals surface area contributed by atoms with Gasteiger partial charge in [-0.05, 0) is 23.1 Å². The zero-order valence-electron chi connectivity index (χ0n) is 11.2. The van der Waals surface area contributed by atoms with Crippen molar-refractivity contribution in [1.29, 1.82) is 0 Å². The van der Waals surface area contributed by atoms with Gasteiger partial charge in [-0.1, -0.05) is 30.3 Å². The van der Waals surface area contributed by atoms with Gasteiger partial charge in [-0.2, -0.15) is 0 Å². The minimum Gasteiger partial charge on any atom is -0.444 e. The SMILES string of the molecule is O=C1Nc2ccc(-c3cncc4ccccc34)cc2CO1. The van der Waals surface area contributed by atoms with Crippen molar-refractivity contribution in [3.8, 4) is 11.1 Å². The minimum atomic E-state index is -0.401. The van der Waals surface area contributed by atoms with Crippen LogP contribution in [0.2, 0.25) is 0 Å². The second-order valence-electron chi connectivity index (χ2n) is 4.98. The van der Waals surface area contributed by atoms with Crippen LogP contribution in [0.5, 0.6) is 0 Å². The number of nitrogens with one attached hydrogen (secondary N) is 1. The Balaban J connectivity index is 1.88. The van der Waals surface area contributed by atoms with Crippen LogP contribution in [0.4, 0.5) is 10.5 Å². The second-order valence-corrected chi connectivity index (χ2v) is 4.98. The van der Waals surface area contributed by atoms with Gasteiger partial charge in [0.05, 0.1) is 5.69 Å². The topological polar surface area (TPSA) is 51.2 Å². The summed E-state index contributed by atoms with van der Waals surface area (Å²) in [7, 11) is 0. The van der Waals surface area contributed by atoms with Gasteiger partial charge in [-0.3, -0.25) is 10.3 Å². The molecule has 0 fully saturated rings. The number of nitrogens with zero attached hydrogens (tertiary/aromatic N) is 1. The molecule has 102 valence electrons. The average molecular weight is 276 g/mol. The molecule has 4 heteroatoms. The molecule has 4 nitrogen and oxygen atoms in total. The number of anilines is 1. The van der Waals surface area contributed by atoms with Crippen molar-refractivity contribution in [3.05, 3.63) is 60.4 Å². The number of hydrogen-bond acceptors (Lipinski definition) is 3. The molecule has 2 heterocycles. The van der Waals surface area contributed by atoms with Crippen molar-refractivity contribution in [2.24, 2.45) is 0 Å². The van der Waals surface area contributed by atoms with Crippen LogP contribution >= 0.6 is 0 Å². The maximum absolute atomic E-state index is 11.2. The van der Waals surface area contributed by atoms with Crippen molar-refractivity contribution in [1.82, 2.24) is 4.98 Å². The quantitative estimate of drug-likeness (QED) is 0.731. The zero-order chi connectivity index (χ0) is 14.2. The minimum absolute atomic E-state index is 0.299. The number of pyridine rings is 1. The van der Waals surface area contributed by atoms with E-state index in [9.17, 15) is 4.79 Å². The van der Waals surface area contributed by atoms with E-state index in [1.54, 1.807) is 0 Å². The van der Waals surface area contributed by atoms with Crippen LogP contribution in [-0.2, 0) is 11.3 Å². The lowest BCUT2D eigenvalue weighted by Crippen LogP contribution is -2.20. The van der Waals surface area contributed by atoms with Crippen LogP contribution < -0.4 is 5.32 Å². The van der Waals surface area contributed by atoms with Gasteiger partial charge in [-0.25, -0.2) is 4.79 Å². The fourth-order valence-electron chi connectivity index (χ4n) is 2.64. The van der Waals surface area contributed by atoms with Crippen molar-refractivity contribution in [2.75, 3.05) is 5.32 Å². The number of rotatable bonds is 1. The first kappa shape index (κ1) is 11.9. The number of amides is 1. The van der Waals surface area contributed by atoms with Gasteiger partial charge in [0.15, 0.2) is 0 Å². The van der Waals surface area contributed by atoms with Crippen molar-refractivity contribution < 1.29 is 9.53 Å². The smallest absolute Gasteiger partial charge is 0.411 e. The summed E-state index contributed by atoms with van der Waals surface area (Å²) in [6.07, 6.45) is 3.33. The Morgan fingerprint density at radius 1 is 1.10 bits per heavy atom. The van der Waals surface area contributed by atoms with Crippen LogP contribution in [0, 0.1) is 0 Å². The highest BCUT2D eigenvalue weighted by atomic mass is 16.5. The summed E-state index contributed by atoms with van der Waals surface area (Å²) in [5.41, 5.74) is 3.92. The molecule has 0 unspecified atom stereocenters. The molecule has 0 bridgehead atoms. The molecular weight excluding hydrogens is 264 g/mol. The predicted octanol–water partition coefficient (Wildman–Crippen LogP) is 3.96. The molecule has 3 aromatic rings. The number of carbonyl (C=O) groups excluding carboxylic acids is 1. The van der Waals surface area contributed by atoms with Gasteiger partial charge in [0.2, 0.25) is 0 Å². The lowest BCUT2D eigenvalue weighted by Gasteiger charge is -2.18. The Kier molecular flexibility index (Phi) is 2.60. The Labute approximate surface area is 121 Å². The monoisotopic (exact) mass is 276 g/mol. The molecule has 1 amide bonds. The summed E-state index contributed by atoms with van der Waals surface area (Å²) in [5.74, 6) is 0. The molecule has 0 saturated heterocycles. The molecule has 4 rings (SSSR count). The third kappa shape index (κ3) is 2.01. The van der Waals surface area contributed by atoms with E-state index in [0.29, 0.717) is 6.61 Å². The molecule has 0 spiro atoms. The molecule has 0 aliphatic carbocycles. The third-order valence-electron chi connectivity index (χ3n) is 3.68. The molecule has 2 aromatic carbocycles. The fourth-order valence-corrected chi connectivity index (χ4v) is 2.64. The highest BCUT2D eigenvalue weighted by Crippen LogP contribution is 2.31. The van der Waals surface area contributed by atoms with Gasteiger partial charge in [0, 0.05) is 28.9 Å². The van der Waals surface area contributed by atoms with Gasteiger partial charge in [0.25, 0.3) is 0 Å². The highest BCUT2D eigenvalue weighted by molar-refractivity contribution is 5.96. The summed E-state index contributed by atoms with van der Waals surface area (Å²) in [6.45, 7) is 0.299. The van der Waals surface area contributed by atoms with Gasteiger partial charge in [0.1, 0.15) is 6.61 Å². The van der Waals surface area contributed by atoms with Crippen LogP contribution in [0.15, 0.2) is 54.9 Å². The average Bonchev–Trinajstić information content (AvgIpc) is 2.54. The van der Waals surface area contributed by atoms with E-state index in [1.807, 2.05) is 48.8 Å². The van der Waals surface area contributed by atoms with E-state index >= 15 is 0 Å². The Hall–Kier alpha value is -2.88. The summed E-state index contributed by atoms with van der Waals surface area (Å²) in [4.78, 5) is 15.5. The number of hydrogen-bond donors (Lipinski definition) is 1. The van der Waals surface area contributed by atoms with Crippen LogP contribution in [0.1, 0.15) is 5.56 Å². The van der Waals surface area contributed by atoms with Crippen LogP contribution in [-0.4, -0.2) is 11.1 Å². The molecule has 1 aromatic heterocycles. The molecule has 0 radical (unpaired) electrons. The van der Waals surface area contributed by atoms with Gasteiger partial charge in [-0.15, -0.1) is 0 Å². The van der Waals surface area contributed by atoms with Crippen LogP contribution in [0.25, 0.3) is 21.9 Å². The predicted molar refractivity (Wildman–Crippen MR) is 81.0 cm³/mol. The van der Waals surface area contributed by atoms with E-state index < -0.39 is 6.09 Å². The Morgan fingerprint density at radius 2 is 2.00 bits per heavy atom. The number of fused-ring (bicyclic) bond motifs is 2. The van der Waals surface area contributed by atoms with Gasteiger partial charge >= 0.3 is 6.09 Å². The standard InChI is InChI=1S/C17H12N2O2/c20-17-19-16-6-5-11(7-13(16)10-21-17)15-9-18-8-12-3-1-2-4-14(12)15/h1-9H,10H2,(H,19,20). The van der Waals surface area contributed by atoms with E-state index in [2.05, 4.69) is 16.4 Å².